The largest absolute Gasteiger partial charge is 0.493 e. The second-order valence-electron chi connectivity index (χ2n) is 8.33. The van der Waals surface area contributed by atoms with Crippen LogP contribution in [0.3, 0.4) is 0 Å². The molecule has 1 aliphatic rings. The quantitative estimate of drug-likeness (QED) is 0.297. The Labute approximate surface area is 216 Å². The third kappa shape index (κ3) is 5.12. The van der Waals surface area contributed by atoms with Crippen LogP contribution in [0.25, 0.3) is 0 Å². The first-order valence-corrected chi connectivity index (χ1v) is 11.4. The Bertz CT molecular complexity index is 1230. The number of amides is 3. The molecular formula is C23H21BrF5N3O5. The SMILES string of the molecule is COc1c([C@H]2[C@H](C(=O)Nc3cc(NC=O)c(NC=O)cc3Br)O[C@@](C)(C(F)(F)F)[C@H]2C)ccc(F)c1F. The van der Waals surface area contributed by atoms with Gasteiger partial charge in [-0.15, -0.1) is 0 Å². The molecule has 3 rings (SSSR count). The summed E-state index contributed by atoms with van der Waals surface area (Å²) in [6.45, 7) is 1.96. The Morgan fingerprint density at radius 2 is 1.70 bits per heavy atom. The van der Waals surface area contributed by atoms with Crippen LogP contribution in [0.1, 0.15) is 25.3 Å². The smallest absolute Gasteiger partial charge is 0.417 e. The van der Waals surface area contributed by atoms with E-state index in [1.54, 1.807) is 0 Å². The van der Waals surface area contributed by atoms with Gasteiger partial charge in [-0.2, -0.15) is 17.6 Å². The van der Waals surface area contributed by atoms with E-state index in [4.69, 9.17) is 9.47 Å². The van der Waals surface area contributed by atoms with E-state index < -0.39 is 53.0 Å². The van der Waals surface area contributed by atoms with E-state index in [0.29, 0.717) is 12.8 Å². The lowest BCUT2D eigenvalue weighted by Gasteiger charge is -2.32. The van der Waals surface area contributed by atoms with Gasteiger partial charge in [-0.05, 0) is 41.1 Å². The number of ether oxygens (including phenoxy) is 2. The number of nitrogens with one attached hydrogen (secondary N) is 3. The lowest BCUT2D eigenvalue weighted by atomic mass is 9.77. The molecule has 37 heavy (non-hydrogen) atoms. The van der Waals surface area contributed by atoms with Crippen molar-refractivity contribution in [3.05, 3.63) is 45.9 Å². The molecule has 2 aromatic rings. The molecule has 1 aliphatic heterocycles. The van der Waals surface area contributed by atoms with E-state index in [2.05, 4.69) is 31.9 Å². The fourth-order valence-corrected chi connectivity index (χ4v) is 4.72. The number of halogens is 6. The molecule has 200 valence electrons. The molecule has 1 saturated heterocycles. The Balaban J connectivity index is 2.09. The number of carbonyl (C=O) groups excluding carboxylic acids is 3. The predicted octanol–water partition coefficient (Wildman–Crippen LogP) is 4.95. The number of benzene rings is 2. The summed E-state index contributed by atoms with van der Waals surface area (Å²) in [7, 11) is 1.02. The highest BCUT2D eigenvalue weighted by atomic mass is 79.9. The van der Waals surface area contributed by atoms with E-state index in [1.807, 2.05) is 0 Å². The van der Waals surface area contributed by atoms with Gasteiger partial charge in [-0.1, -0.05) is 13.0 Å². The van der Waals surface area contributed by atoms with Gasteiger partial charge in [0.15, 0.2) is 17.2 Å². The minimum Gasteiger partial charge on any atom is -0.493 e. The molecule has 0 saturated carbocycles. The van der Waals surface area contributed by atoms with E-state index in [0.717, 1.165) is 26.2 Å². The Kier molecular flexibility index (Phi) is 8.12. The molecule has 0 aliphatic carbocycles. The zero-order valence-electron chi connectivity index (χ0n) is 19.5. The van der Waals surface area contributed by atoms with Gasteiger partial charge in [0.2, 0.25) is 18.6 Å². The van der Waals surface area contributed by atoms with Crippen LogP contribution >= 0.6 is 15.9 Å². The zero-order chi connectivity index (χ0) is 27.7. The van der Waals surface area contributed by atoms with Gasteiger partial charge in [0.05, 0.1) is 24.2 Å². The molecule has 1 fully saturated rings. The molecule has 0 aromatic heterocycles. The van der Waals surface area contributed by atoms with Gasteiger partial charge in [0.25, 0.3) is 5.91 Å². The zero-order valence-corrected chi connectivity index (χ0v) is 21.1. The number of anilines is 3. The monoisotopic (exact) mass is 593 g/mol. The molecule has 4 atom stereocenters. The summed E-state index contributed by atoms with van der Waals surface area (Å²) in [5.41, 5.74) is -2.77. The molecule has 1 heterocycles. The number of rotatable bonds is 8. The summed E-state index contributed by atoms with van der Waals surface area (Å²) in [6.07, 6.45) is -6.08. The van der Waals surface area contributed by atoms with Crippen molar-refractivity contribution in [3.8, 4) is 5.75 Å². The molecule has 0 spiro atoms. The molecule has 8 nitrogen and oxygen atoms in total. The van der Waals surface area contributed by atoms with Gasteiger partial charge in [-0.3, -0.25) is 14.4 Å². The Hall–Kier alpha value is -3.26. The Morgan fingerprint density at radius 3 is 2.24 bits per heavy atom. The summed E-state index contributed by atoms with van der Waals surface area (Å²) in [6, 6.07) is 4.36. The summed E-state index contributed by atoms with van der Waals surface area (Å²) in [5.74, 6) is -7.22. The van der Waals surface area contributed by atoms with Gasteiger partial charge in [0.1, 0.15) is 6.10 Å². The summed E-state index contributed by atoms with van der Waals surface area (Å²) < 4.78 is 81.0. The average molecular weight is 594 g/mol. The maximum atomic E-state index is 14.5. The standard InChI is InChI=1S/C23H21BrF5N3O5/c1-10-17(11-4-5-13(25)18(26)19(11)36-3)20(37-22(10,2)23(27,28)29)21(35)32-14-7-16(31-9-34)15(30-8-33)6-12(14)24/h4-10,17,20H,1-3H3,(H,30,33)(H,31,34)(H,32,35)/t10-,17-,20+,22+/m0/s1. The minimum atomic E-state index is -4.92. The molecule has 3 amide bonds. The Morgan fingerprint density at radius 1 is 1.11 bits per heavy atom. The first kappa shape index (κ1) is 28.3. The van der Waals surface area contributed by atoms with Crippen LogP contribution in [-0.4, -0.2) is 43.7 Å². The second-order valence-corrected chi connectivity index (χ2v) is 9.19. The molecule has 14 heteroatoms. The van der Waals surface area contributed by atoms with Gasteiger partial charge >= 0.3 is 6.18 Å². The topological polar surface area (TPSA) is 106 Å². The number of carbonyl (C=O) groups is 3. The minimum absolute atomic E-state index is 0.0127. The first-order chi connectivity index (χ1) is 17.3. The van der Waals surface area contributed by atoms with Crippen LogP contribution in [0.4, 0.5) is 39.0 Å². The van der Waals surface area contributed by atoms with Crippen molar-refractivity contribution >= 4 is 51.7 Å². The molecular weight excluding hydrogens is 573 g/mol. The maximum Gasteiger partial charge on any atom is 0.417 e. The van der Waals surface area contributed by atoms with Crippen molar-refractivity contribution in [1.82, 2.24) is 0 Å². The van der Waals surface area contributed by atoms with Gasteiger partial charge in [-0.25, -0.2) is 4.39 Å². The van der Waals surface area contributed by atoms with Crippen molar-refractivity contribution in [2.75, 3.05) is 23.1 Å². The first-order valence-electron chi connectivity index (χ1n) is 10.6. The van der Waals surface area contributed by atoms with E-state index in [1.165, 1.54) is 19.1 Å². The van der Waals surface area contributed by atoms with Crippen LogP contribution in [-0.2, 0) is 19.1 Å². The fourth-order valence-electron chi connectivity index (χ4n) is 4.28. The molecule has 0 bridgehead atoms. The van der Waals surface area contributed by atoms with E-state index >= 15 is 0 Å². The molecule has 3 N–H and O–H groups in total. The molecule has 0 unspecified atom stereocenters. The number of methoxy groups -OCH3 is 1. The normalized spacial score (nSPS) is 23.3. The second kappa shape index (κ2) is 10.6. The lowest BCUT2D eigenvalue weighted by Crippen LogP contribution is -2.47. The highest BCUT2D eigenvalue weighted by molar-refractivity contribution is 9.10. The van der Waals surface area contributed by atoms with Crippen LogP contribution in [0, 0.1) is 17.6 Å². The van der Waals surface area contributed by atoms with Crippen molar-refractivity contribution in [3.63, 3.8) is 0 Å². The number of alkyl halides is 3. The lowest BCUT2D eigenvalue weighted by molar-refractivity contribution is -0.272. The van der Waals surface area contributed by atoms with Crippen molar-refractivity contribution < 1.29 is 45.8 Å². The number of hydrogen-bond acceptors (Lipinski definition) is 5. The van der Waals surface area contributed by atoms with Crippen LogP contribution < -0.4 is 20.7 Å². The van der Waals surface area contributed by atoms with Crippen LogP contribution in [0.2, 0.25) is 0 Å². The van der Waals surface area contributed by atoms with E-state index in [-0.39, 0.29) is 27.1 Å². The predicted molar refractivity (Wildman–Crippen MR) is 126 cm³/mol. The highest BCUT2D eigenvalue weighted by Crippen LogP contribution is 2.55. The van der Waals surface area contributed by atoms with Crippen molar-refractivity contribution in [2.45, 2.75) is 37.6 Å². The highest BCUT2D eigenvalue weighted by Gasteiger charge is 2.66. The average Bonchev–Trinajstić information content (AvgIpc) is 3.10. The fraction of sp³-hybridized carbons (Fsp3) is 0.348. The summed E-state index contributed by atoms with van der Waals surface area (Å²) in [5, 5.41) is 7.11. The molecule has 0 radical (unpaired) electrons. The van der Waals surface area contributed by atoms with Gasteiger partial charge < -0.3 is 25.4 Å². The number of hydrogen-bond donors (Lipinski definition) is 3. The van der Waals surface area contributed by atoms with Gasteiger partial charge in [0, 0.05) is 21.9 Å². The third-order valence-electron chi connectivity index (χ3n) is 6.36. The van der Waals surface area contributed by atoms with Crippen LogP contribution in [0.5, 0.6) is 5.75 Å². The third-order valence-corrected chi connectivity index (χ3v) is 7.02. The van der Waals surface area contributed by atoms with Crippen molar-refractivity contribution in [1.29, 1.82) is 0 Å². The van der Waals surface area contributed by atoms with Crippen molar-refractivity contribution in [2.24, 2.45) is 5.92 Å². The van der Waals surface area contributed by atoms with Crippen LogP contribution in [0.15, 0.2) is 28.7 Å². The summed E-state index contributed by atoms with van der Waals surface area (Å²) >= 11 is 3.19. The van der Waals surface area contributed by atoms with E-state index in [9.17, 15) is 36.3 Å². The molecule has 2 aromatic carbocycles. The maximum absolute atomic E-state index is 14.5. The summed E-state index contributed by atoms with van der Waals surface area (Å²) in [4.78, 5) is 35.1.